The molecule has 0 fully saturated rings. The number of amides is 1. The van der Waals surface area contributed by atoms with Crippen molar-refractivity contribution in [2.24, 2.45) is 5.73 Å². The number of aromatic nitrogens is 3. The van der Waals surface area contributed by atoms with Crippen molar-refractivity contribution in [3.63, 3.8) is 0 Å². The maximum Gasteiger partial charge on any atom is 0.354 e. The molecule has 1 amide bonds. The van der Waals surface area contributed by atoms with Gasteiger partial charge in [0.1, 0.15) is 24.7 Å². The molecule has 2 N–H and O–H groups in total. The minimum atomic E-state index is -3.44. The molecule has 0 spiro atoms. The molecule has 0 atom stereocenters. The Kier molecular flexibility index (Phi) is 11.1. The number of hydrogen-bond acceptors (Lipinski definition) is 10. The van der Waals surface area contributed by atoms with Crippen molar-refractivity contribution in [3.05, 3.63) is 113 Å². The van der Waals surface area contributed by atoms with Gasteiger partial charge in [0, 0.05) is 23.1 Å². The van der Waals surface area contributed by atoms with Gasteiger partial charge < -0.3 is 33.4 Å². The highest BCUT2D eigenvalue weighted by atomic mass is 31.2. The normalized spacial score (nSPS) is 11.6. The van der Waals surface area contributed by atoms with Gasteiger partial charge in [-0.25, -0.2) is 9.67 Å². The van der Waals surface area contributed by atoms with Crippen molar-refractivity contribution in [2.45, 2.75) is 34.0 Å². The number of nitrogens with two attached hydrogens (primary N) is 1. The Morgan fingerprint density at radius 2 is 1.73 bits per heavy atom. The van der Waals surface area contributed by atoms with Crippen molar-refractivity contribution < 1.29 is 37.0 Å². The van der Waals surface area contributed by atoms with Crippen LogP contribution in [0.2, 0.25) is 0 Å². The average Bonchev–Trinajstić information content (AvgIpc) is 3.69. The van der Waals surface area contributed by atoms with Gasteiger partial charge in [-0.2, -0.15) is 0 Å². The molecule has 0 aliphatic rings. The van der Waals surface area contributed by atoms with E-state index in [1.165, 1.54) is 5.82 Å². The summed E-state index contributed by atoms with van der Waals surface area (Å²) in [7, 11) is -1.89. The number of para-hydroxylation sites is 1. The molecule has 0 unspecified atom stereocenters. The summed E-state index contributed by atoms with van der Waals surface area (Å²) in [5.41, 5.74) is 9.22. The Labute approximate surface area is 278 Å². The Hall–Kier alpha value is -5.16. The van der Waals surface area contributed by atoms with Crippen molar-refractivity contribution in [1.29, 1.82) is 0 Å². The Morgan fingerprint density at radius 1 is 0.958 bits per heavy atom. The van der Waals surface area contributed by atoms with E-state index in [9.17, 15) is 9.36 Å². The largest absolute Gasteiger partial charge is 0.493 e. The second-order valence-corrected chi connectivity index (χ2v) is 12.3. The first-order chi connectivity index (χ1) is 23.2. The molecule has 0 aliphatic carbocycles. The second-order valence-electron chi connectivity index (χ2n) is 10.4. The van der Waals surface area contributed by atoms with Gasteiger partial charge in [0.05, 0.1) is 31.6 Å². The van der Waals surface area contributed by atoms with Crippen molar-refractivity contribution in [2.75, 3.05) is 20.3 Å². The summed E-state index contributed by atoms with van der Waals surface area (Å²) in [6.07, 6.45) is 3.42. The molecule has 5 aromatic rings. The van der Waals surface area contributed by atoms with Crippen LogP contribution >= 0.6 is 7.60 Å². The zero-order chi connectivity index (χ0) is 34.1. The van der Waals surface area contributed by atoms with Crippen LogP contribution < -0.4 is 19.9 Å². The SMILES string of the molecule is CCOP(=O)(C=Cc1cn(-c2ccccc2)nc1OCc1ccc(OCc2nc(-c3cccc(C(N)=O)c3)oc2C)c(OC)c1)OCC. The lowest BCUT2D eigenvalue weighted by Gasteiger charge is -2.13. The van der Waals surface area contributed by atoms with E-state index in [2.05, 4.69) is 10.1 Å². The summed E-state index contributed by atoms with van der Waals surface area (Å²) in [6, 6.07) is 21.8. The average molecular weight is 673 g/mol. The smallest absolute Gasteiger partial charge is 0.354 e. The van der Waals surface area contributed by atoms with Crippen molar-refractivity contribution in [1.82, 2.24) is 14.8 Å². The number of methoxy groups -OCH3 is 1. The van der Waals surface area contributed by atoms with Crippen LogP contribution in [-0.4, -0.2) is 41.0 Å². The van der Waals surface area contributed by atoms with E-state index < -0.39 is 13.5 Å². The van der Waals surface area contributed by atoms with Crippen molar-refractivity contribution in [3.8, 4) is 34.5 Å². The molecule has 13 heteroatoms. The second kappa shape index (κ2) is 15.6. The molecule has 5 rings (SSSR count). The number of rotatable bonds is 16. The molecular formula is C35H37N4O8P. The maximum absolute atomic E-state index is 13.1. The quantitative estimate of drug-likeness (QED) is 0.106. The molecule has 0 aliphatic heterocycles. The Balaban J connectivity index is 1.31. The summed E-state index contributed by atoms with van der Waals surface area (Å²) in [5.74, 6) is 3.15. The number of oxazole rings is 1. The number of primary amides is 1. The molecule has 250 valence electrons. The van der Waals surface area contributed by atoms with Gasteiger partial charge in [0.25, 0.3) is 0 Å². The third-order valence-corrected chi connectivity index (χ3v) is 8.79. The van der Waals surface area contributed by atoms with Crippen molar-refractivity contribution >= 4 is 19.6 Å². The highest BCUT2D eigenvalue weighted by Crippen LogP contribution is 2.50. The fourth-order valence-electron chi connectivity index (χ4n) is 4.68. The van der Waals surface area contributed by atoms with Gasteiger partial charge in [0.2, 0.25) is 17.7 Å². The summed E-state index contributed by atoms with van der Waals surface area (Å²) in [5, 5.41) is 4.63. The van der Waals surface area contributed by atoms with E-state index in [1.807, 2.05) is 42.5 Å². The van der Waals surface area contributed by atoms with Crippen LogP contribution in [0, 0.1) is 6.92 Å². The number of carbonyl (C=O) groups excluding carboxylic acids is 1. The summed E-state index contributed by atoms with van der Waals surface area (Å²) in [6.45, 7) is 6.06. The number of nitrogens with zero attached hydrogens (tertiary/aromatic N) is 3. The standard InChI is InChI=1S/C35H37N4O8P/c1-5-45-48(41,46-6-2)18-17-28-21-39(29-13-8-7-9-14-29)38-35(28)44-22-25-15-16-31(32(19-25)42-4)43-23-30-24(3)47-34(37-30)27-12-10-11-26(20-27)33(36)40/h7-21H,5-6,22-23H2,1-4H3,(H2,36,40). The predicted octanol–water partition coefficient (Wildman–Crippen LogP) is 7.34. The van der Waals surface area contributed by atoms with Gasteiger partial charge in [-0.1, -0.05) is 30.3 Å². The van der Waals surface area contributed by atoms with Crippen LogP contribution in [0.15, 0.2) is 89.2 Å². The zero-order valence-electron chi connectivity index (χ0n) is 27.1. The van der Waals surface area contributed by atoms with E-state index in [4.69, 9.17) is 33.4 Å². The summed E-state index contributed by atoms with van der Waals surface area (Å²) in [4.78, 5) is 16.2. The third kappa shape index (κ3) is 8.40. The number of hydrogen-bond donors (Lipinski definition) is 1. The van der Waals surface area contributed by atoms with Crippen LogP contribution in [0.3, 0.4) is 0 Å². The molecule has 0 radical (unpaired) electrons. The molecule has 2 aromatic heterocycles. The van der Waals surface area contributed by atoms with Gasteiger partial charge in [-0.3, -0.25) is 9.36 Å². The first-order valence-corrected chi connectivity index (χ1v) is 16.8. The third-order valence-electron chi connectivity index (χ3n) is 7.04. The first kappa shape index (κ1) is 34.2. The van der Waals surface area contributed by atoms with E-state index in [0.717, 1.165) is 11.3 Å². The number of ether oxygens (including phenoxy) is 3. The molecule has 2 heterocycles. The van der Waals surface area contributed by atoms with Gasteiger partial charge in [0.15, 0.2) is 11.5 Å². The van der Waals surface area contributed by atoms with E-state index in [0.29, 0.717) is 51.4 Å². The number of carbonyl (C=O) groups is 1. The monoisotopic (exact) mass is 672 g/mol. The molecule has 0 bridgehead atoms. The molecule has 0 saturated carbocycles. The van der Waals surface area contributed by atoms with Gasteiger partial charge >= 0.3 is 7.60 Å². The molecule has 3 aromatic carbocycles. The summed E-state index contributed by atoms with van der Waals surface area (Å²) >= 11 is 0. The van der Waals surface area contributed by atoms with E-state index >= 15 is 0 Å². The molecule has 12 nitrogen and oxygen atoms in total. The van der Waals surface area contributed by atoms with Crippen LogP contribution in [0.5, 0.6) is 17.4 Å². The number of aryl methyl sites for hydroxylation is 1. The lowest BCUT2D eigenvalue weighted by Crippen LogP contribution is -2.10. The Bertz CT molecular complexity index is 1930. The predicted molar refractivity (Wildman–Crippen MR) is 180 cm³/mol. The van der Waals surface area contributed by atoms with E-state index in [1.54, 1.807) is 75.2 Å². The Morgan fingerprint density at radius 3 is 2.44 bits per heavy atom. The minimum Gasteiger partial charge on any atom is -0.493 e. The molecular weight excluding hydrogens is 635 g/mol. The van der Waals surface area contributed by atoms with Crippen LogP contribution in [-0.2, 0) is 26.8 Å². The first-order valence-electron chi connectivity index (χ1n) is 15.2. The lowest BCUT2D eigenvalue weighted by molar-refractivity contribution is 0.1000. The maximum atomic E-state index is 13.1. The molecule has 0 saturated heterocycles. The van der Waals surface area contributed by atoms with Crippen LogP contribution in [0.1, 0.15) is 46.8 Å². The van der Waals surface area contributed by atoms with Gasteiger partial charge in [-0.15, -0.1) is 5.10 Å². The van der Waals surface area contributed by atoms with E-state index in [-0.39, 0.29) is 26.4 Å². The van der Waals surface area contributed by atoms with Crippen LogP contribution in [0.4, 0.5) is 0 Å². The lowest BCUT2D eigenvalue weighted by atomic mass is 10.1. The highest BCUT2D eigenvalue weighted by Gasteiger charge is 2.21. The number of benzene rings is 3. The fourth-order valence-corrected chi connectivity index (χ4v) is 5.99. The van der Waals surface area contributed by atoms with Gasteiger partial charge in [-0.05, 0) is 74.9 Å². The zero-order valence-corrected chi connectivity index (χ0v) is 28.0. The fraction of sp³-hybridized carbons (Fsp3) is 0.229. The summed E-state index contributed by atoms with van der Waals surface area (Å²) < 4.78 is 49.2. The topological polar surface area (TPSA) is 150 Å². The van der Waals surface area contributed by atoms with Crippen LogP contribution in [0.25, 0.3) is 23.2 Å². The highest BCUT2D eigenvalue weighted by molar-refractivity contribution is 7.57. The minimum absolute atomic E-state index is 0.122. The molecule has 48 heavy (non-hydrogen) atoms.